The zero-order chi connectivity index (χ0) is 12.3. The van der Waals surface area contributed by atoms with Crippen molar-refractivity contribution in [1.29, 1.82) is 5.26 Å². The van der Waals surface area contributed by atoms with E-state index in [0.29, 0.717) is 5.02 Å². The van der Waals surface area contributed by atoms with E-state index in [0.717, 1.165) is 37.3 Å². The summed E-state index contributed by atoms with van der Waals surface area (Å²) in [4.78, 5) is 0. The fourth-order valence-corrected chi connectivity index (χ4v) is 2.55. The molecule has 1 aliphatic rings. The van der Waals surface area contributed by atoms with Crippen molar-refractivity contribution in [1.82, 2.24) is 0 Å². The van der Waals surface area contributed by atoms with Crippen LogP contribution in [0.2, 0.25) is 5.02 Å². The Morgan fingerprint density at radius 2 is 2.12 bits per heavy atom. The van der Waals surface area contributed by atoms with Crippen LogP contribution in [0.1, 0.15) is 32.6 Å². The zero-order valence-electron chi connectivity index (χ0n) is 10.0. The number of halogens is 1. The first-order chi connectivity index (χ1) is 8.13. The smallest absolute Gasteiger partial charge is 0.125 e. The maximum absolute atomic E-state index is 9.41. The second-order valence-corrected chi connectivity index (χ2v) is 5.45. The van der Waals surface area contributed by atoms with Gasteiger partial charge in [-0.05, 0) is 49.8 Å². The first-order valence-corrected chi connectivity index (χ1v) is 6.46. The van der Waals surface area contributed by atoms with Crippen molar-refractivity contribution in [2.24, 2.45) is 5.92 Å². The van der Waals surface area contributed by atoms with Crippen molar-refractivity contribution < 1.29 is 0 Å². The van der Waals surface area contributed by atoms with E-state index < -0.39 is 5.54 Å². The molecule has 0 unspecified atom stereocenters. The summed E-state index contributed by atoms with van der Waals surface area (Å²) in [6.07, 6.45) is 4.05. The standard InChI is InChI=1S/C14H17ClN2/c1-11-5-7-14(10-16,8-6-11)17-13-4-2-3-12(15)9-13/h2-4,9,11,17H,5-8H2,1H3. The van der Waals surface area contributed by atoms with Gasteiger partial charge in [0.2, 0.25) is 0 Å². The first-order valence-electron chi connectivity index (χ1n) is 6.08. The minimum absolute atomic E-state index is 0.406. The monoisotopic (exact) mass is 248 g/mol. The molecule has 1 aliphatic carbocycles. The second kappa shape index (κ2) is 4.98. The summed E-state index contributed by atoms with van der Waals surface area (Å²) in [5, 5.41) is 13.5. The van der Waals surface area contributed by atoms with Crippen LogP contribution in [0.4, 0.5) is 5.69 Å². The summed E-state index contributed by atoms with van der Waals surface area (Å²) in [5.74, 6) is 0.734. The van der Waals surface area contributed by atoms with Gasteiger partial charge in [-0.25, -0.2) is 0 Å². The predicted octanol–water partition coefficient (Wildman–Crippen LogP) is 4.22. The maximum Gasteiger partial charge on any atom is 0.125 e. The molecule has 1 fully saturated rings. The number of anilines is 1. The van der Waals surface area contributed by atoms with Crippen molar-refractivity contribution in [2.45, 2.75) is 38.1 Å². The van der Waals surface area contributed by atoms with Gasteiger partial charge in [0, 0.05) is 10.7 Å². The van der Waals surface area contributed by atoms with Gasteiger partial charge in [0.15, 0.2) is 0 Å². The van der Waals surface area contributed by atoms with Gasteiger partial charge >= 0.3 is 0 Å². The third kappa shape index (κ3) is 2.92. The fourth-order valence-electron chi connectivity index (χ4n) is 2.36. The lowest BCUT2D eigenvalue weighted by atomic mass is 9.78. The normalized spacial score (nSPS) is 28.4. The molecule has 0 aromatic heterocycles. The summed E-state index contributed by atoms with van der Waals surface area (Å²) in [7, 11) is 0. The second-order valence-electron chi connectivity index (χ2n) is 5.01. The van der Waals surface area contributed by atoms with Gasteiger partial charge in [-0.1, -0.05) is 24.6 Å². The molecule has 0 saturated heterocycles. The lowest BCUT2D eigenvalue weighted by Crippen LogP contribution is -2.40. The first kappa shape index (κ1) is 12.3. The largest absolute Gasteiger partial charge is 0.367 e. The minimum Gasteiger partial charge on any atom is -0.367 e. The maximum atomic E-state index is 9.41. The zero-order valence-corrected chi connectivity index (χ0v) is 10.8. The van der Waals surface area contributed by atoms with Gasteiger partial charge in [0.25, 0.3) is 0 Å². The summed E-state index contributed by atoms with van der Waals surface area (Å²) in [6, 6.07) is 10.0. The van der Waals surface area contributed by atoms with Crippen LogP contribution >= 0.6 is 11.6 Å². The van der Waals surface area contributed by atoms with Crippen molar-refractivity contribution in [2.75, 3.05) is 5.32 Å². The number of nitrogens with zero attached hydrogens (tertiary/aromatic N) is 1. The van der Waals surface area contributed by atoms with Crippen LogP contribution in [-0.2, 0) is 0 Å². The van der Waals surface area contributed by atoms with E-state index in [1.165, 1.54) is 0 Å². The highest BCUT2D eigenvalue weighted by atomic mass is 35.5. The molecule has 0 bridgehead atoms. The van der Waals surface area contributed by atoms with Crippen LogP contribution in [0.15, 0.2) is 24.3 Å². The van der Waals surface area contributed by atoms with E-state index >= 15 is 0 Å². The molecule has 1 saturated carbocycles. The number of rotatable bonds is 2. The molecule has 0 aliphatic heterocycles. The highest BCUT2D eigenvalue weighted by molar-refractivity contribution is 6.30. The van der Waals surface area contributed by atoms with Crippen molar-refractivity contribution in [3.8, 4) is 6.07 Å². The molecular formula is C14H17ClN2. The Hall–Kier alpha value is -1.20. The fraction of sp³-hybridized carbons (Fsp3) is 0.500. The number of nitrogens with one attached hydrogen (secondary N) is 1. The van der Waals surface area contributed by atoms with E-state index in [4.69, 9.17) is 11.6 Å². The predicted molar refractivity (Wildman–Crippen MR) is 71.1 cm³/mol. The summed E-state index contributed by atoms with van der Waals surface area (Å²) >= 11 is 5.95. The molecule has 2 nitrogen and oxygen atoms in total. The van der Waals surface area contributed by atoms with Crippen LogP contribution in [0.25, 0.3) is 0 Å². The molecule has 1 N–H and O–H groups in total. The minimum atomic E-state index is -0.406. The molecule has 1 aromatic rings. The summed E-state index contributed by atoms with van der Waals surface area (Å²) < 4.78 is 0. The molecule has 17 heavy (non-hydrogen) atoms. The van der Waals surface area contributed by atoms with Gasteiger partial charge in [0.1, 0.15) is 5.54 Å². The van der Waals surface area contributed by atoms with Gasteiger partial charge < -0.3 is 5.32 Å². The molecule has 0 heterocycles. The average molecular weight is 249 g/mol. The van der Waals surface area contributed by atoms with Crippen LogP contribution in [0, 0.1) is 17.2 Å². The van der Waals surface area contributed by atoms with Gasteiger partial charge in [-0.2, -0.15) is 5.26 Å². The molecular weight excluding hydrogens is 232 g/mol. The van der Waals surface area contributed by atoms with Crippen molar-refractivity contribution in [3.05, 3.63) is 29.3 Å². The van der Waals surface area contributed by atoms with Gasteiger partial charge in [0.05, 0.1) is 6.07 Å². The Bertz CT molecular complexity index is 428. The van der Waals surface area contributed by atoms with E-state index in [-0.39, 0.29) is 0 Å². The van der Waals surface area contributed by atoms with E-state index in [9.17, 15) is 5.26 Å². The van der Waals surface area contributed by atoms with Crippen LogP contribution < -0.4 is 5.32 Å². The number of benzene rings is 1. The van der Waals surface area contributed by atoms with Crippen LogP contribution in [0.5, 0.6) is 0 Å². The Morgan fingerprint density at radius 1 is 1.41 bits per heavy atom. The number of hydrogen-bond donors (Lipinski definition) is 1. The van der Waals surface area contributed by atoms with E-state index in [1.54, 1.807) is 0 Å². The van der Waals surface area contributed by atoms with Crippen LogP contribution in [0.3, 0.4) is 0 Å². The lowest BCUT2D eigenvalue weighted by molar-refractivity contribution is 0.314. The SMILES string of the molecule is CC1CCC(C#N)(Nc2cccc(Cl)c2)CC1. The van der Waals surface area contributed by atoms with E-state index in [2.05, 4.69) is 18.3 Å². The van der Waals surface area contributed by atoms with Gasteiger partial charge in [-0.15, -0.1) is 0 Å². The van der Waals surface area contributed by atoms with Crippen LogP contribution in [-0.4, -0.2) is 5.54 Å². The molecule has 0 radical (unpaired) electrons. The Kier molecular flexibility index (Phi) is 3.59. The number of hydrogen-bond acceptors (Lipinski definition) is 2. The third-order valence-corrected chi connectivity index (χ3v) is 3.79. The Balaban J connectivity index is 2.13. The highest BCUT2D eigenvalue weighted by Crippen LogP contribution is 2.34. The van der Waals surface area contributed by atoms with Crippen molar-refractivity contribution in [3.63, 3.8) is 0 Å². The molecule has 3 heteroatoms. The average Bonchev–Trinajstić information content (AvgIpc) is 2.33. The summed E-state index contributed by atoms with van der Waals surface area (Å²) in [5.41, 5.74) is 0.533. The lowest BCUT2D eigenvalue weighted by Gasteiger charge is -2.35. The topological polar surface area (TPSA) is 35.8 Å². The Morgan fingerprint density at radius 3 is 2.71 bits per heavy atom. The number of nitriles is 1. The highest BCUT2D eigenvalue weighted by Gasteiger charge is 2.34. The van der Waals surface area contributed by atoms with E-state index in [1.807, 2.05) is 24.3 Å². The van der Waals surface area contributed by atoms with Gasteiger partial charge in [-0.3, -0.25) is 0 Å². The molecule has 1 aromatic carbocycles. The molecule has 0 atom stereocenters. The summed E-state index contributed by atoms with van der Waals surface area (Å²) in [6.45, 7) is 2.25. The van der Waals surface area contributed by atoms with Crippen molar-refractivity contribution >= 4 is 17.3 Å². The third-order valence-electron chi connectivity index (χ3n) is 3.55. The molecule has 0 amide bonds. The molecule has 90 valence electrons. The molecule has 0 spiro atoms. The molecule has 2 rings (SSSR count). The Labute approximate surface area is 108 Å². The quantitative estimate of drug-likeness (QED) is 0.850.